The van der Waals surface area contributed by atoms with E-state index in [4.69, 9.17) is 9.72 Å². The van der Waals surface area contributed by atoms with Gasteiger partial charge in [-0.2, -0.15) is 0 Å². The number of piperazine rings is 1. The second-order valence-corrected chi connectivity index (χ2v) is 8.54. The lowest BCUT2D eigenvalue weighted by Gasteiger charge is -2.37. The first-order valence-corrected chi connectivity index (χ1v) is 11.0. The van der Waals surface area contributed by atoms with E-state index in [-0.39, 0.29) is 0 Å². The molecule has 6 heteroatoms. The Bertz CT molecular complexity index is 999. The average Bonchev–Trinajstić information content (AvgIpc) is 2.73. The minimum atomic E-state index is 0.416. The van der Waals surface area contributed by atoms with Crippen molar-refractivity contribution in [3.05, 3.63) is 52.6 Å². The lowest BCUT2D eigenvalue weighted by molar-refractivity contribution is 0.338. The lowest BCUT2D eigenvalue weighted by atomic mass is 10.0. The first-order valence-electron chi connectivity index (χ1n) is 10.2. The number of pyridine rings is 2. The molecule has 3 heterocycles. The fourth-order valence-corrected chi connectivity index (χ4v) is 4.23. The summed E-state index contributed by atoms with van der Waals surface area (Å²) in [5.74, 6) is 3.33. The van der Waals surface area contributed by atoms with Gasteiger partial charge in [0.15, 0.2) is 11.6 Å². The predicted octanol–water partition coefficient (Wildman–Crippen LogP) is 5.24. The molecule has 2 aromatic heterocycles. The number of nitrogens with zero attached hydrogens (tertiary/aromatic N) is 4. The summed E-state index contributed by atoms with van der Waals surface area (Å²) in [6.07, 6.45) is 1.84. The molecule has 1 aliphatic heterocycles. The smallest absolute Gasteiger partial charge is 0.171 e. The van der Waals surface area contributed by atoms with Gasteiger partial charge in [0, 0.05) is 42.2 Å². The van der Waals surface area contributed by atoms with E-state index in [0.717, 1.165) is 53.6 Å². The van der Waals surface area contributed by atoms with Crippen molar-refractivity contribution in [1.82, 2.24) is 9.97 Å². The summed E-state index contributed by atoms with van der Waals surface area (Å²) in [5, 5.41) is 1.18. The van der Waals surface area contributed by atoms with Gasteiger partial charge in [0.05, 0.1) is 12.1 Å². The number of aromatic nitrogens is 2. The van der Waals surface area contributed by atoms with Crippen LogP contribution in [-0.2, 0) is 0 Å². The Morgan fingerprint density at radius 1 is 1.03 bits per heavy atom. The standard InChI is InChI=1S/C23H27BrN4O/c1-4-29-21-6-5-9-25-23(21)28-12-10-27(11-13-28)22-19(16(2)3)15-17-14-18(24)7-8-20(17)26-22/h5-9,14-16H,4,10-13H2,1-3H3. The van der Waals surface area contributed by atoms with Gasteiger partial charge >= 0.3 is 0 Å². The normalized spacial score (nSPS) is 14.7. The molecule has 1 saturated heterocycles. The summed E-state index contributed by atoms with van der Waals surface area (Å²) in [6, 6.07) is 12.5. The van der Waals surface area contributed by atoms with Crippen LogP contribution in [0.25, 0.3) is 10.9 Å². The summed E-state index contributed by atoms with van der Waals surface area (Å²) in [6.45, 7) is 10.8. The molecule has 4 rings (SSSR count). The van der Waals surface area contributed by atoms with E-state index in [2.05, 4.69) is 68.8 Å². The van der Waals surface area contributed by atoms with Crippen molar-refractivity contribution in [2.45, 2.75) is 26.7 Å². The van der Waals surface area contributed by atoms with Crippen LogP contribution in [0.4, 0.5) is 11.6 Å². The zero-order chi connectivity index (χ0) is 20.4. The van der Waals surface area contributed by atoms with Crippen molar-refractivity contribution in [2.75, 3.05) is 42.6 Å². The van der Waals surface area contributed by atoms with E-state index in [1.54, 1.807) is 0 Å². The SMILES string of the molecule is CCOc1cccnc1N1CCN(c2nc3ccc(Br)cc3cc2C(C)C)CC1. The van der Waals surface area contributed by atoms with E-state index in [0.29, 0.717) is 12.5 Å². The number of hydrogen-bond acceptors (Lipinski definition) is 5. The van der Waals surface area contributed by atoms with Crippen LogP contribution in [0.3, 0.4) is 0 Å². The molecule has 0 saturated carbocycles. The highest BCUT2D eigenvalue weighted by Gasteiger charge is 2.24. The number of rotatable bonds is 5. The first kappa shape index (κ1) is 20.0. The van der Waals surface area contributed by atoms with Crippen LogP contribution >= 0.6 is 15.9 Å². The largest absolute Gasteiger partial charge is 0.490 e. The molecule has 0 aliphatic carbocycles. The topological polar surface area (TPSA) is 41.5 Å². The van der Waals surface area contributed by atoms with Crippen molar-refractivity contribution in [3.63, 3.8) is 0 Å². The van der Waals surface area contributed by atoms with Gasteiger partial charge < -0.3 is 14.5 Å². The van der Waals surface area contributed by atoms with E-state index in [1.807, 2.05) is 25.3 Å². The Morgan fingerprint density at radius 3 is 2.45 bits per heavy atom. The number of ether oxygens (including phenoxy) is 1. The first-order chi connectivity index (χ1) is 14.1. The summed E-state index contributed by atoms with van der Waals surface area (Å²) in [4.78, 5) is 14.4. The number of anilines is 2. The number of benzene rings is 1. The van der Waals surface area contributed by atoms with Gasteiger partial charge in [0.2, 0.25) is 0 Å². The van der Waals surface area contributed by atoms with Crippen LogP contribution in [0.1, 0.15) is 32.3 Å². The van der Waals surface area contributed by atoms with Crippen LogP contribution in [0.2, 0.25) is 0 Å². The zero-order valence-electron chi connectivity index (χ0n) is 17.2. The monoisotopic (exact) mass is 454 g/mol. The molecule has 3 aromatic rings. The second-order valence-electron chi connectivity index (χ2n) is 7.63. The zero-order valence-corrected chi connectivity index (χ0v) is 18.8. The molecular formula is C23H27BrN4O. The van der Waals surface area contributed by atoms with Gasteiger partial charge in [-0.3, -0.25) is 0 Å². The van der Waals surface area contributed by atoms with Crippen LogP contribution < -0.4 is 14.5 Å². The van der Waals surface area contributed by atoms with Gasteiger partial charge in [-0.1, -0.05) is 29.8 Å². The molecule has 152 valence electrons. The maximum Gasteiger partial charge on any atom is 0.171 e. The molecule has 0 unspecified atom stereocenters. The fourth-order valence-electron chi connectivity index (χ4n) is 3.85. The van der Waals surface area contributed by atoms with E-state index in [9.17, 15) is 0 Å². The molecule has 5 nitrogen and oxygen atoms in total. The van der Waals surface area contributed by atoms with Crippen molar-refractivity contribution < 1.29 is 4.74 Å². The fraction of sp³-hybridized carbons (Fsp3) is 0.391. The molecule has 0 bridgehead atoms. The van der Waals surface area contributed by atoms with E-state index in [1.165, 1.54) is 10.9 Å². The maximum atomic E-state index is 5.78. The minimum absolute atomic E-state index is 0.416. The van der Waals surface area contributed by atoms with Crippen molar-refractivity contribution in [2.24, 2.45) is 0 Å². The Hall–Kier alpha value is -2.34. The van der Waals surface area contributed by atoms with E-state index >= 15 is 0 Å². The molecule has 0 spiro atoms. The lowest BCUT2D eigenvalue weighted by Crippen LogP contribution is -2.47. The summed E-state index contributed by atoms with van der Waals surface area (Å²) >= 11 is 3.57. The van der Waals surface area contributed by atoms with Gasteiger partial charge in [-0.15, -0.1) is 0 Å². The van der Waals surface area contributed by atoms with Gasteiger partial charge in [-0.05, 0) is 54.8 Å². The highest BCUT2D eigenvalue weighted by Crippen LogP contribution is 2.32. The van der Waals surface area contributed by atoms with E-state index < -0.39 is 0 Å². The highest BCUT2D eigenvalue weighted by atomic mass is 79.9. The molecule has 0 radical (unpaired) electrons. The molecule has 1 aliphatic rings. The maximum absolute atomic E-state index is 5.78. The summed E-state index contributed by atoms with van der Waals surface area (Å²) in [5.41, 5.74) is 2.34. The molecule has 0 amide bonds. The Balaban J connectivity index is 1.59. The summed E-state index contributed by atoms with van der Waals surface area (Å²) < 4.78 is 6.86. The van der Waals surface area contributed by atoms with Crippen LogP contribution in [0.5, 0.6) is 5.75 Å². The second kappa shape index (κ2) is 8.57. The average molecular weight is 455 g/mol. The third-order valence-electron chi connectivity index (χ3n) is 5.34. The predicted molar refractivity (Wildman–Crippen MR) is 123 cm³/mol. The molecule has 1 fully saturated rings. The third kappa shape index (κ3) is 4.17. The summed E-state index contributed by atoms with van der Waals surface area (Å²) in [7, 11) is 0. The molecular weight excluding hydrogens is 428 g/mol. The molecule has 0 atom stereocenters. The number of fused-ring (bicyclic) bond motifs is 1. The van der Waals surface area contributed by atoms with Crippen molar-refractivity contribution in [1.29, 1.82) is 0 Å². The highest BCUT2D eigenvalue weighted by molar-refractivity contribution is 9.10. The van der Waals surface area contributed by atoms with Crippen LogP contribution in [0.15, 0.2) is 47.1 Å². The molecule has 29 heavy (non-hydrogen) atoms. The Morgan fingerprint density at radius 2 is 1.76 bits per heavy atom. The van der Waals surface area contributed by atoms with Gasteiger partial charge in [-0.25, -0.2) is 9.97 Å². The molecule has 0 N–H and O–H groups in total. The van der Waals surface area contributed by atoms with Crippen molar-refractivity contribution >= 4 is 38.5 Å². The quantitative estimate of drug-likeness (QED) is 0.526. The number of halogens is 1. The van der Waals surface area contributed by atoms with Gasteiger partial charge in [0.1, 0.15) is 5.82 Å². The Kier molecular flexibility index (Phi) is 5.90. The minimum Gasteiger partial charge on any atom is -0.490 e. The van der Waals surface area contributed by atoms with Gasteiger partial charge in [0.25, 0.3) is 0 Å². The Labute approximate surface area is 180 Å². The van der Waals surface area contributed by atoms with Crippen molar-refractivity contribution in [3.8, 4) is 5.75 Å². The third-order valence-corrected chi connectivity index (χ3v) is 5.83. The van der Waals surface area contributed by atoms with Crippen LogP contribution in [-0.4, -0.2) is 42.8 Å². The molecule has 1 aromatic carbocycles. The van der Waals surface area contributed by atoms with Crippen LogP contribution in [0, 0.1) is 0 Å². The number of hydrogen-bond donors (Lipinski definition) is 0.